The van der Waals surface area contributed by atoms with E-state index in [4.69, 9.17) is 27.9 Å². The highest BCUT2D eigenvalue weighted by Crippen LogP contribution is 2.28. The second kappa shape index (κ2) is 9.72. The molecule has 140 valence electrons. The van der Waals surface area contributed by atoms with Crippen molar-refractivity contribution in [2.24, 2.45) is 0 Å². The Balaban J connectivity index is 1.67. The Labute approximate surface area is 165 Å². The molecular formula is C21H26Cl2NO2+. The van der Waals surface area contributed by atoms with Gasteiger partial charge in [0.05, 0.1) is 19.7 Å². The molecule has 5 heteroatoms. The van der Waals surface area contributed by atoms with Gasteiger partial charge in [0.15, 0.2) is 0 Å². The summed E-state index contributed by atoms with van der Waals surface area (Å²) in [6, 6.07) is 15.3. The van der Waals surface area contributed by atoms with Gasteiger partial charge in [-0.2, -0.15) is 0 Å². The van der Waals surface area contributed by atoms with Crippen LogP contribution in [0.15, 0.2) is 48.5 Å². The topological polar surface area (TPSA) is 33.9 Å². The van der Waals surface area contributed by atoms with E-state index >= 15 is 0 Å². The Morgan fingerprint density at radius 3 is 1.85 bits per heavy atom. The summed E-state index contributed by atoms with van der Waals surface area (Å²) in [5, 5.41) is 11.8. The molecule has 0 bridgehead atoms. The lowest BCUT2D eigenvalue weighted by atomic mass is 10.0. The van der Waals surface area contributed by atoms with Gasteiger partial charge in [-0.15, -0.1) is 0 Å². The molecule has 0 unspecified atom stereocenters. The van der Waals surface area contributed by atoms with Crippen molar-refractivity contribution in [3.8, 4) is 0 Å². The summed E-state index contributed by atoms with van der Waals surface area (Å²) in [5.41, 5.74) is 2.02. The average Bonchev–Trinajstić information content (AvgIpc) is 2.65. The highest BCUT2D eigenvalue weighted by molar-refractivity contribution is 6.30. The first-order chi connectivity index (χ1) is 12.6. The molecule has 2 aromatic rings. The van der Waals surface area contributed by atoms with Crippen LogP contribution in [0.3, 0.4) is 0 Å². The molecule has 3 nitrogen and oxygen atoms in total. The van der Waals surface area contributed by atoms with Gasteiger partial charge in [-0.25, -0.2) is 0 Å². The highest BCUT2D eigenvalue weighted by atomic mass is 35.5. The van der Waals surface area contributed by atoms with Gasteiger partial charge in [0.1, 0.15) is 18.8 Å². The van der Waals surface area contributed by atoms with Crippen LogP contribution in [-0.4, -0.2) is 37.5 Å². The Kier molecular flexibility index (Phi) is 7.35. The molecule has 26 heavy (non-hydrogen) atoms. The summed E-state index contributed by atoms with van der Waals surface area (Å²) in [5.74, 6) is 0. The van der Waals surface area contributed by atoms with E-state index in [1.807, 2.05) is 48.5 Å². The van der Waals surface area contributed by atoms with Gasteiger partial charge in [0.25, 0.3) is 0 Å². The SMILES string of the molecule is O[C@@H](COC(c1ccc(Cl)cc1)c1ccc(Cl)cc1)C[NH+]1CCCCC1. The molecular weight excluding hydrogens is 369 g/mol. The number of ether oxygens (including phenoxy) is 1. The molecule has 1 aliphatic rings. The van der Waals surface area contributed by atoms with Crippen molar-refractivity contribution in [3.63, 3.8) is 0 Å². The molecule has 0 spiro atoms. The number of hydrogen-bond acceptors (Lipinski definition) is 2. The van der Waals surface area contributed by atoms with E-state index in [1.54, 1.807) is 0 Å². The van der Waals surface area contributed by atoms with E-state index < -0.39 is 6.10 Å². The second-order valence-corrected chi connectivity index (χ2v) is 7.86. The van der Waals surface area contributed by atoms with Crippen molar-refractivity contribution in [2.75, 3.05) is 26.2 Å². The summed E-state index contributed by atoms with van der Waals surface area (Å²) >= 11 is 12.0. The zero-order chi connectivity index (χ0) is 18.4. The smallest absolute Gasteiger partial charge is 0.126 e. The zero-order valence-electron chi connectivity index (χ0n) is 14.8. The van der Waals surface area contributed by atoms with E-state index in [0.717, 1.165) is 30.8 Å². The molecule has 0 amide bonds. The maximum atomic E-state index is 10.4. The summed E-state index contributed by atoms with van der Waals surface area (Å²) < 4.78 is 6.15. The van der Waals surface area contributed by atoms with Crippen LogP contribution in [0.1, 0.15) is 36.5 Å². The molecule has 2 N–H and O–H groups in total. The number of piperidine rings is 1. The van der Waals surface area contributed by atoms with Gasteiger partial charge in [0.2, 0.25) is 0 Å². The van der Waals surface area contributed by atoms with Crippen LogP contribution in [0, 0.1) is 0 Å². The molecule has 3 rings (SSSR count). The summed E-state index contributed by atoms with van der Waals surface area (Å²) in [4.78, 5) is 1.47. The molecule has 0 aliphatic carbocycles. The quantitative estimate of drug-likeness (QED) is 0.752. The van der Waals surface area contributed by atoms with E-state index in [-0.39, 0.29) is 6.10 Å². The highest BCUT2D eigenvalue weighted by Gasteiger charge is 2.21. The summed E-state index contributed by atoms with van der Waals surface area (Å²) in [6.45, 7) is 3.34. The fourth-order valence-corrected chi connectivity index (χ4v) is 3.77. The number of quaternary nitrogens is 1. The maximum absolute atomic E-state index is 10.4. The van der Waals surface area contributed by atoms with Crippen molar-refractivity contribution in [2.45, 2.75) is 31.5 Å². The third-order valence-corrected chi connectivity index (χ3v) is 5.39. The predicted octanol–water partition coefficient (Wildman–Crippen LogP) is 3.53. The number of aliphatic hydroxyl groups is 1. The number of aliphatic hydroxyl groups excluding tert-OH is 1. The minimum Gasteiger partial charge on any atom is -0.385 e. The number of likely N-dealkylation sites (tertiary alicyclic amines) is 1. The van der Waals surface area contributed by atoms with Gasteiger partial charge in [-0.1, -0.05) is 47.5 Å². The van der Waals surface area contributed by atoms with E-state index in [9.17, 15) is 5.11 Å². The van der Waals surface area contributed by atoms with Crippen LogP contribution in [-0.2, 0) is 4.74 Å². The fraction of sp³-hybridized carbons (Fsp3) is 0.429. The molecule has 1 fully saturated rings. The lowest BCUT2D eigenvalue weighted by Crippen LogP contribution is -3.14. The minimum absolute atomic E-state index is 0.254. The maximum Gasteiger partial charge on any atom is 0.126 e. The molecule has 1 heterocycles. The van der Waals surface area contributed by atoms with Gasteiger partial charge in [-0.05, 0) is 54.7 Å². The van der Waals surface area contributed by atoms with Crippen LogP contribution in [0.4, 0.5) is 0 Å². The zero-order valence-corrected chi connectivity index (χ0v) is 16.3. The van der Waals surface area contributed by atoms with Crippen LogP contribution in [0.5, 0.6) is 0 Å². The van der Waals surface area contributed by atoms with Gasteiger partial charge in [-0.3, -0.25) is 0 Å². The standard InChI is InChI=1S/C21H25Cl2NO2/c22-18-8-4-16(5-9-18)21(17-6-10-19(23)11-7-17)26-15-20(25)14-24-12-2-1-3-13-24/h4-11,20-21,25H,1-3,12-15H2/p+1/t20-/m1/s1. The molecule has 1 atom stereocenters. The molecule has 0 aromatic heterocycles. The monoisotopic (exact) mass is 394 g/mol. The largest absolute Gasteiger partial charge is 0.385 e. The van der Waals surface area contributed by atoms with E-state index in [1.165, 1.54) is 24.2 Å². The van der Waals surface area contributed by atoms with Crippen molar-refractivity contribution in [3.05, 3.63) is 69.7 Å². The normalized spacial score (nSPS) is 16.8. The Morgan fingerprint density at radius 1 is 0.846 bits per heavy atom. The van der Waals surface area contributed by atoms with Crippen LogP contribution >= 0.6 is 23.2 Å². The molecule has 1 aliphatic heterocycles. The van der Waals surface area contributed by atoms with Gasteiger partial charge >= 0.3 is 0 Å². The van der Waals surface area contributed by atoms with Crippen LogP contribution < -0.4 is 4.90 Å². The third-order valence-electron chi connectivity index (χ3n) is 4.89. The molecule has 0 saturated carbocycles. The average molecular weight is 395 g/mol. The number of halogens is 2. The lowest BCUT2D eigenvalue weighted by molar-refractivity contribution is -0.908. The van der Waals surface area contributed by atoms with Crippen molar-refractivity contribution in [1.82, 2.24) is 0 Å². The van der Waals surface area contributed by atoms with E-state index in [2.05, 4.69) is 0 Å². The lowest BCUT2D eigenvalue weighted by Gasteiger charge is -2.27. The Morgan fingerprint density at radius 2 is 1.35 bits per heavy atom. The van der Waals surface area contributed by atoms with Gasteiger partial charge in [0, 0.05) is 10.0 Å². The first kappa shape index (κ1) is 19.7. The fourth-order valence-electron chi connectivity index (χ4n) is 3.52. The number of nitrogens with one attached hydrogen (secondary N) is 1. The number of rotatable bonds is 7. The number of benzene rings is 2. The predicted molar refractivity (Wildman–Crippen MR) is 106 cm³/mol. The van der Waals surface area contributed by atoms with Crippen LogP contribution in [0.2, 0.25) is 10.0 Å². The first-order valence-corrected chi connectivity index (χ1v) is 10.0. The second-order valence-electron chi connectivity index (χ2n) is 6.99. The number of hydrogen-bond donors (Lipinski definition) is 2. The van der Waals surface area contributed by atoms with Crippen LogP contribution in [0.25, 0.3) is 0 Å². The van der Waals surface area contributed by atoms with Crippen molar-refractivity contribution in [1.29, 1.82) is 0 Å². The Bertz CT molecular complexity index is 624. The minimum atomic E-state index is -0.467. The van der Waals surface area contributed by atoms with Crippen molar-refractivity contribution < 1.29 is 14.7 Å². The Hall–Kier alpha value is -1.10. The molecule has 1 saturated heterocycles. The summed E-state index contributed by atoms with van der Waals surface area (Å²) in [7, 11) is 0. The van der Waals surface area contributed by atoms with E-state index in [0.29, 0.717) is 16.7 Å². The van der Waals surface area contributed by atoms with Gasteiger partial charge < -0.3 is 14.7 Å². The first-order valence-electron chi connectivity index (χ1n) is 9.26. The molecule has 2 aromatic carbocycles. The summed E-state index contributed by atoms with van der Waals surface area (Å²) in [6.07, 6.45) is 3.09. The van der Waals surface area contributed by atoms with Crippen molar-refractivity contribution >= 4 is 23.2 Å². The third kappa shape index (κ3) is 5.70. The molecule has 0 radical (unpaired) electrons.